The van der Waals surface area contributed by atoms with Gasteiger partial charge >= 0.3 is 12.1 Å². The van der Waals surface area contributed by atoms with Crippen molar-refractivity contribution in [3.05, 3.63) is 48.6 Å². The lowest BCUT2D eigenvalue weighted by Gasteiger charge is -2.37. The van der Waals surface area contributed by atoms with Crippen molar-refractivity contribution < 1.29 is 44.2 Å². The molecule has 10 unspecified atom stereocenters. The molecule has 4 N–H and O–H groups in total. The average molecular weight is 663 g/mol. The summed E-state index contributed by atoms with van der Waals surface area (Å²) in [5.41, 5.74) is -1.95. The highest BCUT2D eigenvalue weighted by atomic mass is 16.6. The van der Waals surface area contributed by atoms with Crippen LogP contribution in [0.2, 0.25) is 0 Å². The average Bonchev–Trinajstić information content (AvgIpc) is 3.77. The van der Waals surface area contributed by atoms with Gasteiger partial charge in [0.05, 0.1) is 36.4 Å². The third-order valence-electron chi connectivity index (χ3n) is 9.61. The second-order valence-electron chi connectivity index (χ2n) is 14.1. The van der Waals surface area contributed by atoms with Gasteiger partial charge < -0.3 is 39.5 Å². The summed E-state index contributed by atoms with van der Waals surface area (Å²) in [4.78, 5) is 29.8. The number of nitrogens with zero attached hydrogens (tertiary/aromatic N) is 2. The first kappa shape index (κ1) is 38.9. The maximum Gasteiger partial charge on any atom is 0.410 e. The number of carbonyl (C=O) groups is 2. The molecule has 3 rings (SSSR count). The molecule has 0 saturated carbocycles. The first-order valence-corrected chi connectivity index (χ1v) is 17.1. The van der Waals surface area contributed by atoms with Crippen LogP contribution < -0.4 is 0 Å². The number of aliphatic hydroxyl groups excluding tert-OH is 2. The molecular formula is C36H58N2O9. The predicted molar refractivity (Wildman–Crippen MR) is 179 cm³/mol. The topological polar surface area (TPSA) is 153 Å². The Morgan fingerprint density at radius 2 is 1.96 bits per heavy atom. The number of allylic oxidation sites excluding steroid dienone is 2. The zero-order valence-corrected chi connectivity index (χ0v) is 29.1. The molecule has 11 nitrogen and oxygen atoms in total. The molecule has 10 atom stereocenters. The maximum atomic E-state index is 13.2. The summed E-state index contributed by atoms with van der Waals surface area (Å²) in [6.07, 6.45) is 7.45. The van der Waals surface area contributed by atoms with Crippen LogP contribution in [-0.2, 0) is 19.0 Å². The molecular weight excluding hydrogens is 604 g/mol. The van der Waals surface area contributed by atoms with Crippen LogP contribution in [-0.4, -0.2) is 123 Å². The number of ether oxygens (including phenoxy) is 3. The van der Waals surface area contributed by atoms with Crippen molar-refractivity contribution in [2.75, 3.05) is 32.7 Å². The van der Waals surface area contributed by atoms with Gasteiger partial charge in [-0.25, -0.2) is 4.79 Å². The minimum absolute atomic E-state index is 0.0132. The van der Waals surface area contributed by atoms with Crippen molar-refractivity contribution in [1.29, 1.82) is 0 Å². The van der Waals surface area contributed by atoms with E-state index in [0.717, 1.165) is 6.54 Å². The van der Waals surface area contributed by atoms with Crippen molar-refractivity contribution >= 4 is 12.1 Å². The Hall–Kier alpha value is -2.54. The molecule has 2 fully saturated rings. The summed E-state index contributed by atoms with van der Waals surface area (Å²) < 4.78 is 17.5. The number of rotatable bonds is 11. The number of aliphatic hydroxyl groups is 4. The Morgan fingerprint density at radius 3 is 2.60 bits per heavy atom. The smallest absolute Gasteiger partial charge is 0.410 e. The van der Waals surface area contributed by atoms with E-state index in [-0.39, 0.29) is 43.3 Å². The van der Waals surface area contributed by atoms with Crippen LogP contribution in [0.1, 0.15) is 73.6 Å². The number of hydrogen-bond acceptors (Lipinski definition) is 10. The summed E-state index contributed by atoms with van der Waals surface area (Å²) in [6, 6.07) is 0. The Balaban J connectivity index is 1.73. The standard InChI is InChI=1S/C36H58N2O9/c1-8-17-37-18-20-38(21-19-37)34(42)46-30-13-12-25(4)32(47-31(41)22-27(39)14-16-36(30,7)44)24(3)11-10-15-35(6,43)23-29-33(45-29)26(5)28(40)9-2/h8,10-13,15,25-30,32-33,39-40,43-44H,1,9,14,16-23H2,2-7H3/b13-12-,15-10+,24-11+. The molecule has 0 aliphatic carbocycles. The number of epoxide rings is 1. The van der Waals surface area contributed by atoms with Gasteiger partial charge in [-0.3, -0.25) is 9.69 Å². The quantitative estimate of drug-likeness (QED) is 0.112. The zero-order chi connectivity index (χ0) is 34.9. The number of cyclic esters (lactones) is 1. The van der Waals surface area contributed by atoms with E-state index in [0.29, 0.717) is 44.6 Å². The summed E-state index contributed by atoms with van der Waals surface area (Å²) in [5.74, 6) is -0.960. The fourth-order valence-corrected chi connectivity index (χ4v) is 6.28. The highest BCUT2D eigenvalue weighted by Gasteiger charge is 2.47. The molecule has 11 heteroatoms. The van der Waals surface area contributed by atoms with Crippen molar-refractivity contribution in [2.45, 2.75) is 121 Å². The van der Waals surface area contributed by atoms with Gasteiger partial charge in [-0.15, -0.1) is 6.58 Å². The molecule has 0 aromatic carbocycles. The number of carbonyl (C=O) groups excluding carboxylic acids is 2. The number of esters is 1. The van der Waals surface area contributed by atoms with Gasteiger partial charge in [0.1, 0.15) is 11.7 Å². The van der Waals surface area contributed by atoms with E-state index in [1.165, 1.54) is 0 Å². The Morgan fingerprint density at radius 1 is 1.28 bits per heavy atom. The Kier molecular flexibility index (Phi) is 14.3. The van der Waals surface area contributed by atoms with Gasteiger partial charge in [-0.1, -0.05) is 51.2 Å². The van der Waals surface area contributed by atoms with Crippen molar-refractivity contribution in [3.63, 3.8) is 0 Å². The van der Waals surface area contributed by atoms with Crippen LogP contribution in [0.4, 0.5) is 4.79 Å². The third kappa shape index (κ3) is 11.8. The Bertz CT molecular complexity index is 1140. The summed E-state index contributed by atoms with van der Waals surface area (Å²) >= 11 is 0. The lowest BCUT2D eigenvalue weighted by atomic mass is 9.88. The Labute approximate surface area is 280 Å². The lowest BCUT2D eigenvalue weighted by Crippen LogP contribution is -2.51. The van der Waals surface area contributed by atoms with E-state index in [4.69, 9.17) is 14.2 Å². The van der Waals surface area contributed by atoms with E-state index >= 15 is 0 Å². The minimum Gasteiger partial charge on any atom is -0.457 e. The largest absolute Gasteiger partial charge is 0.457 e. The fourth-order valence-electron chi connectivity index (χ4n) is 6.28. The van der Waals surface area contributed by atoms with Gasteiger partial charge in [0, 0.05) is 51.0 Å². The molecule has 0 aromatic heterocycles. The zero-order valence-electron chi connectivity index (χ0n) is 29.1. The van der Waals surface area contributed by atoms with E-state index in [1.54, 1.807) is 49.1 Å². The minimum atomic E-state index is -1.49. The fraction of sp³-hybridized carbons (Fsp3) is 0.722. The number of amides is 1. The molecule has 0 bridgehead atoms. The van der Waals surface area contributed by atoms with E-state index < -0.39 is 47.7 Å². The van der Waals surface area contributed by atoms with E-state index in [9.17, 15) is 30.0 Å². The highest BCUT2D eigenvalue weighted by molar-refractivity contribution is 5.70. The molecule has 266 valence electrons. The van der Waals surface area contributed by atoms with Gasteiger partial charge in [0.25, 0.3) is 0 Å². The van der Waals surface area contributed by atoms with Crippen molar-refractivity contribution in [1.82, 2.24) is 9.80 Å². The van der Waals surface area contributed by atoms with E-state index in [1.807, 2.05) is 33.8 Å². The van der Waals surface area contributed by atoms with Gasteiger partial charge in [0.2, 0.25) is 0 Å². The first-order valence-electron chi connectivity index (χ1n) is 17.1. The van der Waals surface area contributed by atoms with Gasteiger partial charge in [0.15, 0.2) is 6.10 Å². The normalized spacial score (nSPS) is 34.7. The summed E-state index contributed by atoms with van der Waals surface area (Å²) in [5, 5.41) is 43.1. The van der Waals surface area contributed by atoms with Crippen molar-refractivity contribution in [2.24, 2.45) is 11.8 Å². The number of hydrogen-bond donors (Lipinski definition) is 4. The van der Waals surface area contributed by atoms with Crippen LogP contribution in [0.3, 0.4) is 0 Å². The molecule has 0 spiro atoms. The maximum absolute atomic E-state index is 13.2. The number of piperazine rings is 1. The first-order chi connectivity index (χ1) is 22.1. The SMILES string of the molecule is C=CCN1CCN(C(=O)OC2/C=C\C(C)C(/C(C)=C/C=C/C(C)(O)CC3OC3C(C)C(O)CC)OC(=O)CC(O)CCC2(C)O)CC1. The van der Waals surface area contributed by atoms with Crippen LogP contribution in [0.5, 0.6) is 0 Å². The summed E-state index contributed by atoms with van der Waals surface area (Å²) in [7, 11) is 0. The van der Waals surface area contributed by atoms with Crippen LogP contribution in [0.15, 0.2) is 48.6 Å². The molecule has 3 aliphatic rings. The van der Waals surface area contributed by atoms with Crippen LogP contribution in [0.25, 0.3) is 0 Å². The molecule has 3 aliphatic heterocycles. The second kappa shape index (κ2) is 17.2. The molecule has 47 heavy (non-hydrogen) atoms. The molecule has 3 heterocycles. The predicted octanol–water partition coefficient (Wildman–Crippen LogP) is 3.51. The second-order valence-corrected chi connectivity index (χ2v) is 14.1. The monoisotopic (exact) mass is 662 g/mol. The van der Waals surface area contributed by atoms with Crippen LogP contribution >= 0.6 is 0 Å². The third-order valence-corrected chi connectivity index (χ3v) is 9.61. The van der Waals surface area contributed by atoms with E-state index in [2.05, 4.69) is 11.5 Å². The van der Waals surface area contributed by atoms with Crippen molar-refractivity contribution in [3.8, 4) is 0 Å². The molecule has 0 aromatic rings. The molecule has 2 saturated heterocycles. The summed E-state index contributed by atoms with van der Waals surface area (Å²) in [6.45, 7) is 17.7. The lowest BCUT2D eigenvalue weighted by molar-refractivity contribution is -0.151. The van der Waals surface area contributed by atoms with Crippen LogP contribution in [0, 0.1) is 11.8 Å². The molecule has 0 radical (unpaired) electrons. The van der Waals surface area contributed by atoms with Gasteiger partial charge in [-0.2, -0.15) is 0 Å². The highest BCUT2D eigenvalue weighted by Crippen LogP contribution is 2.37. The van der Waals surface area contributed by atoms with Gasteiger partial charge in [-0.05, 0) is 51.7 Å². The molecule has 1 amide bonds.